The minimum atomic E-state index is -0.00573. The number of benzene rings is 2. The predicted octanol–water partition coefficient (Wildman–Crippen LogP) is 2.78. The molecule has 0 unspecified atom stereocenters. The van der Waals surface area contributed by atoms with Crippen molar-refractivity contribution in [3.63, 3.8) is 0 Å². The summed E-state index contributed by atoms with van der Waals surface area (Å²) in [5.74, 6) is 0.953. The van der Waals surface area contributed by atoms with E-state index in [0.717, 1.165) is 33.7 Å². The molecule has 2 aromatic heterocycles. The van der Waals surface area contributed by atoms with Crippen LogP contribution in [-0.4, -0.2) is 15.5 Å². The summed E-state index contributed by atoms with van der Waals surface area (Å²) in [5.41, 5.74) is 3.95. The fourth-order valence-electron chi connectivity index (χ4n) is 3.30. The molecule has 0 radical (unpaired) electrons. The van der Waals surface area contributed by atoms with E-state index in [-0.39, 0.29) is 11.7 Å². The lowest BCUT2D eigenvalue weighted by Crippen LogP contribution is -2.22. The number of thiazole rings is 1. The zero-order chi connectivity index (χ0) is 16.3. The Morgan fingerprint density at radius 2 is 2.17 bits per heavy atom. The quantitative estimate of drug-likeness (QED) is 0.538. The maximum absolute atomic E-state index is 12.8. The van der Waals surface area contributed by atoms with Crippen LogP contribution in [0.15, 0.2) is 47.3 Å². The Hall–Kier alpha value is -2.66. The van der Waals surface area contributed by atoms with Gasteiger partial charge >= 0.3 is 0 Å². The van der Waals surface area contributed by atoms with Gasteiger partial charge in [0.2, 0.25) is 0 Å². The highest BCUT2D eigenvalue weighted by molar-refractivity contribution is 7.15. The number of imidazole rings is 1. The zero-order valence-corrected chi connectivity index (χ0v) is 13.8. The maximum atomic E-state index is 12.8. The molecule has 0 saturated heterocycles. The summed E-state index contributed by atoms with van der Waals surface area (Å²) in [7, 11) is 0. The van der Waals surface area contributed by atoms with Gasteiger partial charge in [0.1, 0.15) is 11.9 Å². The molecule has 3 heterocycles. The number of hydrogen-bond donors (Lipinski definition) is 0. The van der Waals surface area contributed by atoms with E-state index in [2.05, 4.69) is 18.0 Å². The van der Waals surface area contributed by atoms with Crippen LogP contribution < -0.4 is 14.8 Å². The molecule has 5 heteroatoms. The molecule has 1 aliphatic rings. The Kier molecular flexibility index (Phi) is 2.82. The van der Waals surface area contributed by atoms with Crippen molar-refractivity contribution in [2.45, 2.75) is 19.4 Å². The average molecular weight is 334 g/mol. The molecule has 0 N–H and O–H groups in total. The standard InChI is InChI=1S/C19H14N2O2S/c1-11-8-13-9-12(6-7-16(13)23-11)10-17-18(22)21-15-5-3-2-4-14(15)20-19(21)24-17/h2-7,9-11H,8H2,1H3/b17-10+/t11-/m1/s1. The lowest BCUT2D eigenvalue weighted by Gasteiger charge is -2.01. The Morgan fingerprint density at radius 3 is 3.08 bits per heavy atom. The summed E-state index contributed by atoms with van der Waals surface area (Å²) in [5, 5.41) is 0. The molecule has 1 atom stereocenters. The van der Waals surface area contributed by atoms with Gasteiger partial charge in [-0.15, -0.1) is 0 Å². The monoisotopic (exact) mass is 334 g/mol. The van der Waals surface area contributed by atoms with Crippen LogP contribution in [0, 0.1) is 0 Å². The van der Waals surface area contributed by atoms with Crippen molar-refractivity contribution in [2.75, 3.05) is 0 Å². The topological polar surface area (TPSA) is 43.6 Å². The van der Waals surface area contributed by atoms with Crippen molar-refractivity contribution in [1.29, 1.82) is 0 Å². The van der Waals surface area contributed by atoms with Gasteiger partial charge in [0.15, 0.2) is 4.96 Å². The molecule has 24 heavy (non-hydrogen) atoms. The van der Waals surface area contributed by atoms with E-state index < -0.39 is 0 Å². The third-order valence-electron chi connectivity index (χ3n) is 4.36. The second-order valence-corrected chi connectivity index (χ2v) is 7.14. The van der Waals surface area contributed by atoms with Gasteiger partial charge in [0.05, 0.1) is 15.6 Å². The Bertz CT molecular complexity index is 1210. The van der Waals surface area contributed by atoms with Crippen LogP contribution in [0.1, 0.15) is 18.1 Å². The molecular weight excluding hydrogens is 320 g/mol. The van der Waals surface area contributed by atoms with Gasteiger partial charge in [-0.1, -0.05) is 29.5 Å². The molecule has 0 fully saturated rings. The first kappa shape index (κ1) is 13.7. The van der Waals surface area contributed by atoms with Gasteiger partial charge < -0.3 is 4.74 Å². The summed E-state index contributed by atoms with van der Waals surface area (Å²) in [6.07, 6.45) is 3.08. The number of aromatic nitrogens is 2. The van der Waals surface area contributed by atoms with E-state index in [4.69, 9.17) is 4.74 Å². The summed E-state index contributed by atoms with van der Waals surface area (Å²) >= 11 is 1.43. The molecule has 0 amide bonds. The summed E-state index contributed by atoms with van der Waals surface area (Å²) in [6, 6.07) is 13.8. The number of para-hydroxylation sites is 2. The fraction of sp³-hybridized carbons (Fsp3) is 0.158. The third-order valence-corrected chi connectivity index (χ3v) is 5.33. The molecule has 2 aromatic carbocycles. The molecule has 0 bridgehead atoms. The highest BCUT2D eigenvalue weighted by Gasteiger charge is 2.18. The normalized spacial score (nSPS) is 17.5. The Morgan fingerprint density at radius 1 is 1.29 bits per heavy atom. The number of hydrogen-bond acceptors (Lipinski definition) is 4. The zero-order valence-electron chi connectivity index (χ0n) is 13.0. The van der Waals surface area contributed by atoms with E-state index in [9.17, 15) is 4.79 Å². The van der Waals surface area contributed by atoms with Gasteiger partial charge in [0.25, 0.3) is 5.56 Å². The van der Waals surface area contributed by atoms with E-state index in [1.807, 2.05) is 42.5 Å². The SMILES string of the molecule is C[C@@H]1Cc2cc(/C=c3/sc4nc5ccccc5n4c3=O)ccc2O1. The molecule has 5 rings (SSSR count). The number of fused-ring (bicyclic) bond motifs is 4. The molecular formula is C19H14N2O2S. The Balaban J connectivity index is 1.69. The van der Waals surface area contributed by atoms with Gasteiger partial charge in [-0.2, -0.15) is 0 Å². The summed E-state index contributed by atoms with van der Waals surface area (Å²) < 4.78 is 8.14. The van der Waals surface area contributed by atoms with E-state index in [1.165, 1.54) is 16.9 Å². The fourth-order valence-corrected chi connectivity index (χ4v) is 4.28. The van der Waals surface area contributed by atoms with Gasteiger partial charge in [-0.25, -0.2) is 9.38 Å². The van der Waals surface area contributed by atoms with Crippen molar-refractivity contribution in [3.05, 3.63) is 68.5 Å². The second-order valence-electron chi connectivity index (χ2n) is 6.13. The lowest BCUT2D eigenvalue weighted by atomic mass is 10.1. The van der Waals surface area contributed by atoms with Crippen molar-refractivity contribution in [1.82, 2.24) is 9.38 Å². The van der Waals surface area contributed by atoms with Crippen LogP contribution in [0.3, 0.4) is 0 Å². The van der Waals surface area contributed by atoms with Crippen LogP contribution in [0.5, 0.6) is 5.75 Å². The van der Waals surface area contributed by atoms with Crippen LogP contribution in [0.25, 0.3) is 22.1 Å². The predicted molar refractivity (Wildman–Crippen MR) is 95.9 cm³/mol. The molecule has 4 aromatic rings. The molecule has 0 saturated carbocycles. The van der Waals surface area contributed by atoms with Crippen LogP contribution in [-0.2, 0) is 6.42 Å². The number of ether oxygens (including phenoxy) is 1. The highest BCUT2D eigenvalue weighted by atomic mass is 32.1. The van der Waals surface area contributed by atoms with Crippen molar-refractivity contribution in [3.8, 4) is 5.75 Å². The number of nitrogens with zero attached hydrogens (tertiary/aromatic N) is 2. The second kappa shape index (κ2) is 4.92. The van der Waals surface area contributed by atoms with E-state index in [1.54, 1.807) is 4.40 Å². The average Bonchev–Trinajstić information content (AvgIpc) is 3.20. The largest absolute Gasteiger partial charge is 0.490 e. The highest BCUT2D eigenvalue weighted by Crippen LogP contribution is 2.29. The van der Waals surface area contributed by atoms with Gasteiger partial charge in [-0.05, 0) is 48.4 Å². The minimum absolute atomic E-state index is 0.00573. The smallest absolute Gasteiger partial charge is 0.274 e. The Labute approximate surface area is 141 Å². The first-order valence-electron chi connectivity index (χ1n) is 7.90. The summed E-state index contributed by atoms with van der Waals surface area (Å²) in [4.78, 5) is 18.1. The van der Waals surface area contributed by atoms with Crippen molar-refractivity contribution in [2.24, 2.45) is 0 Å². The molecule has 4 nitrogen and oxygen atoms in total. The minimum Gasteiger partial charge on any atom is -0.490 e. The first-order valence-corrected chi connectivity index (χ1v) is 8.72. The van der Waals surface area contributed by atoms with E-state index >= 15 is 0 Å². The van der Waals surface area contributed by atoms with E-state index in [0.29, 0.717) is 4.53 Å². The van der Waals surface area contributed by atoms with Crippen LogP contribution >= 0.6 is 11.3 Å². The van der Waals surface area contributed by atoms with Crippen molar-refractivity contribution < 1.29 is 4.74 Å². The third kappa shape index (κ3) is 1.98. The molecule has 1 aliphatic heterocycles. The van der Waals surface area contributed by atoms with Gasteiger partial charge in [-0.3, -0.25) is 4.79 Å². The molecule has 0 aliphatic carbocycles. The molecule has 0 spiro atoms. The first-order chi connectivity index (χ1) is 11.7. The summed E-state index contributed by atoms with van der Waals surface area (Å²) in [6.45, 7) is 2.07. The lowest BCUT2D eigenvalue weighted by molar-refractivity contribution is 0.254. The van der Waals surface area contributed by atoms with Crippen LogP contribution in [0.4, 0.5) is 0 Å². The van der Waals surface area contributed by atoms with Crippen molar-refractivity contribution >= 4 is 33.4 Å². The van der Waals surface area contributed by atoms with Gasteiger partial charge in [0, 0.05) is 6.42 Å². The molecule has 118 valence electrons. The van der Waals surface area contributed by atoms with Crippen LogP contribution in [0.2, 0.25) is 0 Å². The maximum Gasteiger partial charge on any atom is 0.274 e. The number of rotatable bonds is 1.